The molecule has 1 aliphatic rings. The Balaban J connectivity index is 2.38. The Morgan fingerprint density at radius 3 is 2.80 bits per heavy atom. The van der Waals surface area contributed by atoms with Gasteiger partial charge in [-0.25, -0.2) is 9.97 Å². The van der Waals surface area contributed by atoms with E-state index in [1.807, 2.05) is 0 Å². The monoisotopic (exact) mass is 218 g/mol. The second-order valence-electron chi connectivity index (χ2n) is 4.12. The van der Waals surface area contributed by atoms with Gasteiger partial charge in [0.1, 0.15) is 0 Å². The molecule has 0 atom stereocenters. The molecule has 0 radical (unpaired) electrons. The number of halogens is 1. The molecule has 2 aromatic rings. The van der Waals surface area contributed by atoms with Crippen molar-refractivity contribution >= 4 is 22.5 Å². The SMILES string of the molecule is Cc1cccc2c(C3CC3)nc(Cl)nc12. The van der Waals surface area contributed by atoms with Crippen molar-refractivity contribution in [1.82, 2.24) is 9.97 Å². The fraction of sp³-hybridized carbons (Fsp3) is 0.333. The maximum atomic E-state index is 5.95. The molecule has 1 heterocycles. The van der Waals surface area contributed by atoms with Gasteiger partial charge in [-0.2, -0.15) is 0 Å². The molecule has 1 fully saturated rings. The average Bonchev–Trinajstić information content (AvgIpc) is 3.02. The number of hydrogen-bond donors (Lipinski definition) is 0. The van der Waals surface area contributed by atoms with Crippen LogP contribution >= 0.6 is 11.6 Å². The minimum absolute atomic E-state index is 0.374. The second-order valence-corrected chi connectivity index (χ2v) is 4.46. The highest BCUT2D eigenvalue weighted by molar-refractivity contribution is 6.28. The molecule has 3 heteroatoms. The Hall–Kier alpha value is -1.15. The lowest BCUT2D eigenvalue weighted by atomic mass is 10.1. The molecule has 0 amide bonds. The van der Waals surface area contributed by atoms with Crippen molar-refractivity contribution < 1.29 is 0 Å². The van der Waals surface area contributed by atoms with Crippen LogP contribution in [0.2, 0.25) is 5.28 Å². The third kappa shape index (κ3) is 1.49. The highest BCUT2D eigenvalue weighted by atomic mass is 35.5. The minimum Gasteiger partial charge on any atom is -0.222 e. The van der Waals surface area contributed by atoms with Crippen LogP contribution in [0.4, 0.5) is 0 Å². The van der Waals surface area contributed by atoms with Gasteiger partial charge in [0, 0.05) is 11.3 Å². The maximum Gasteiger partial charge on any atom is 0.223 e. The van der Waals surface area contributed by atoms with Crippen LogP contribution in [0.1, 0.15) is 30.0 Å². The number of fused-ring (bicyclic) bond motifs is 1. The van der Waals surface area contributed by atoms with Crippen LogP contribution in [0.3, 0.4) is 0 Å². The molecule has 0 unspecified atom stereocenters. The van der Waals surface area contributed by atoms with E-state index < -0.39 is 0 Å². The van der Waals surface area contributed by atoms with Crippen molar-refractivity contribution in [3.63, 3.8) is 0 Å². The van der Waals surface area contributed by atoms with E-state index in [0.717, 1.165) is 11.2 Å². The zero-order chi connectivity index (χ0) is 10.4. The summed E-state index contributed by atoms with van der Waals surface area (Å²) < 4.78 is 0. The first-order valence-electron chi connectivity index (χ1n) is 5.18. The summed E-state index contributed by atoms with van der Waals surface area (Å²) in [5, 5.41) is 1.54. The summed E-state index contributed by atoms with van der Waals surface area (Å²) in [6.45, 7) is 2.06. The molecule has 3 rings (SSSR count). The second kappa shape index (κ2) is 3.17. The smallest absolute Gasteiger partial charge is 0.222 e. The van der Waals surface area contributed by atoms with E-state index in [1.165, 1.54) is 23.8 Å². The molecule has 0 saturated heterocycles. The van der Waals surface area contributed by atoms with Crippen LogP contribution in [0.5, 0.6) is 0 Å². The van der Waals surface area contributed by atoms with E-state index >= 15 is 0 Å². The molecule has 1 saturated carbocycles. The van der Waals surface area contributed by atoms with Gasteiger partial charge in [0.05, 0.1) is 11.2 Å². The fourth-order valence-electron chi connectivity index (χ4n) is 1.96. The Morgan fingerprint density at radius 2 is 2.07 bits per heavy atom. The Morgan fingerprint density at radius 1 is 1.27 bits per heavy atom. The first kappa shape index (κ1) is 9.10. The third-order valence-electron chi connectivity index (χ3n) is 2.89. The zero-order valence-electron chi connectivity index (χ0n) is 8.50. The maximum absolute atomic E-state index is 5.95. The van der Waals surface area contributed by atoms with E-state index in [2.05, 4.69) is 35.1 Å². The van der Waals surface area contributed by atoms with Crippen molar-refractivity contribution in [3.05, 3.63) is 34.7 Å². The first-order valence-corrected chi connectivity index (χ1v) is 5.56. The minimum atomic E-state index is 0.374. The number of hydrogen-bond acceptors (Lipinski definition) is 2. The standard InChI is InChI=1S/C12H11ClN2/c1-7-3-2-4-9-10(7)14-12(13)15-11(9)8-5-6-8/h2-4,8H,5-6H2,1H3. The summed E-state index contributed by atoms with van der Waals surface area (Å²) in [4.78, 5) is 8.66. The highest BCUT2D eigenvalue weighted by Gasteiger charge is 2.27. The molecule has 0 N–H and O–H groups in total. The van der Waals surface area contributed by atoms with Gasteiger partial charge < -0.3 is 0 Å². The van der Waals surface area contributed by atoms with E-state index in [4.69, 9.17) is 11.6 Å². The molecule has 76 valence electrons. The number of benzene rings is 1. The quantitative estimate of drug-likeness (QED) is 0.685. The van der Waals surface area contributed by atoms with Gasteiger partial charge in [-0.05, 0) is 36.9 Å². The summed E-state index contributed by atoms with van der Waals surface area (Å²) in [5.74, 6) is 0.606. The lowest BCUT2D eigenvalue weighted by Gasteiger charge is -2.06. The molecule has 1 aromatic carbocycles. The number of aromatic nitrogens is 2. The van der Waals surface area contributed by atoms with E-state index in [0.29, 0.717) is 11.2 Å². The topological polar surface area (TPSA) is 25.8 Å². The largest absolute Gasteiger partial charge is 0.223 e. The van der Waals surface area contributed by atoms with Crippen LogP contribution < -0.4 is 0 Å². The molecule has 15 heavy (non-hydrogen) atoms. The Labute approximate surface area is 93.3 Å². The van der Waals surface area contributed by atoms with Crippen molar-refractivity contribution in [2.45, 2.75) is 25.7 Å². The highest BCUT2D eigenvalue weighted by Crippen LogP contribution is 2.42. The fourth-order valence-corrected chi connectivity index (χ4v) is 2.13. The summed E-state index contributed by atoms with van der Waals surface area (Å²) in [7, 11) is 0. The molecular formula is C12H11ClN2. The number of aryl methyl sites for hydroxylation is 1. The van der Waals surface area contributed by atoms with Crippen LogP contribution in [0, 0.1) is 6.92 Å². The van der Waals surface area contributed by atoms with Crippen molar-refractivity contribution in [3.8, 4) is 0 Å². The zero-order valence-corrected chi connectivity index (χ0v) is 9.25. The molecule has 1 aliphatic carbocycles. The van der Waals surface area contributed by atoms with E-state index in [9.17, 15) is 0 Å². The summed E-state index contributed by atoms with van der Waals surface area (Å²) >= 11 is 5.95. The van der Waals surface area contributed by atoms with Crippen molar-refractivity contribution in [1.29, 1.82) is 0 Å². The van der Waals surface area contributed by atoms with Crippen molar-refractivity contribution in [2.24, 2.45) is 0 Å². The van der Waals surface area contributed by atoms with Gasteiger partial charge in [-0.15, -0.1) is 0 Å². The van der Waals surface area contributed by atoms with Gasteiger partial charge in [0.15, 0.2) is 0 Å². The summed E-state index contributed by atoms with van der Waals surface area (Å²) in [5.41, 5.74) is 3.30. The van der Waals surface area contributed by atoms with Gasteiger partial charge in [-0.3, -0.25) is 0 Å². The predicted molar refractivity (Wildman–Crippen MR) is 61.3 cm³/mol. The average molecular weight is 219 g/mol. The predicted octanol–water partition coefficient (Wildman–Crippen LogP) is 3.47. The normalized spacial score (nSPS) is 15.9. The van der Waals surface area contributed by atoms with E-state index in [-0.39, 0.29) is 0 Å². The number of para-hydroxylation sites is 1. The molecule has 2 nitrogen and oxygen atoms in total. The molecule has 0 bridgehead atoms. The van der Waals surface area contributed by atoms with Crippen LogP contribution in [0.25, 0.3) is 10.9 Å². The molecule has 0 spiro atoms. The van der Waals surface area contributed by atoms with Crippen LogP contribution in [-0.4, -0.2) is 9.97 Å². The molecule has 1 aromatic heterocycles. The lowest BCUT2D eigenvalue weighted by molar-refractivity contribution is 1.02. The van der Waals surface area contributed by atoms with E-state index in [1.54, 1.807) is 0 Å². The van der Waals surface area contributed by atoms with Gasteiger partial charge in [0.2, 0.25) is 5.28 Å². The Bertz CT molecular complexity index is 532. The van der Waals surface area contributed by atoms with Gasteiger partial charge in [0.25, 0.3) is 0 Å². The molecular weight excluding hydrogens is 208 g/mol. The summed E-state index contributed by atoms with van der Waals surface area (Å²) in [6.07, 6.45) is 2.47. The number of rotatable bonds is 1. The third-order valence-corrected chi connectivity index (χ3v) is 3.06. The van der Waals surface area contributed by atoms with Gasteiger partial charge >= 0.3 is 0 Å². The summed E-state index contributed by atoms with van der Waals surface area (Å²) in [6, 6.07) is 6.20. The lowest BCUT2D eigenvalue weighted by Crippen LogP contribution is -1.94. The van der Waals surface area contributed by atoms with Gasteiger partial charge in [-0.1, -0.05) is 18.2 Å². The van der Waals surface area contributed by atoms with Crippen molar-refractivity contribution in [2.75, 3.05) is 0 Å². The number of nitrogens with zero attached hydrogens (tertiary/aromatic N) is 2. The first-order chi connectivity index (χ1) is 7.25. The van der Waals surface area contributed by atoms with Crippen LogP contribution in [0.15, 0.2) is 18.2 Å². The van der Waals surface area contributed by atoms with Crippen LogP contribution in [-0.2, 0) is 0 Å². The molecule has 0 aliphatic heterocycles. The Kier molecular flexibility index (Phi) is 1.93.